The lowest BCUT2D eigenvalue weighted by atomic mass is 10.1. The van der Waals surface area contributed by atoms with Gasteiger partial charge in [0.1, 0.15) is 5.60 Å². The maximum atomic E-state index is 11.8. The van der Waals surface area contributed by atoms with Gasteiger partial charge >= 0.3 is 6.09 Å². The van der Waals surface area contributed by atoms with Gasteiger partial charge in [-0.05, 0) is 33.6 Å². The Labute approximate surface area is 158 Å². The van der Waals surface area contributed by atoms with E-state index in [0.29, 0.717) is 6.54 Å². The number of carbonyl (C=O) groups is 1. The largest absolute Gasteiger partial charge is 0.444 e. The SMILES string of the molecule is CCCCC(CNC(=O)OC(C)(C)C)NC(=NC)NCCC.I. The molecule has 0 rings (SSSR count). The number of rotatable bonds is 8. The van der Waals surface area contributed by atoms with Crippen molar-refractivity contribution < 1.29 is 9.53 Å². The molecule has 0 aliphatic heterocycles. The molecule has 0 aliphatic rings. The van der Waals surface area contributed by atoms with E-state index in [9.17, 15) is 4.79 Å². The molecule has 0 aliphatic carbocycles. The summed E-state index contributed by atoms with van der Waals surface area (Å²) in [4.78, 5) is 16.0. The van der Waals surface area contributed by atoms with Crippen molar-refractivity contribution in [2.75, 3.05) is 20.1 Å². The molecule has 6 nitrogen and oxygen atoms in total. The number of hydrogen-bond donors (Lipinski definition) is 3. The summed E-state index contributed by atoms with van der Waals surface area (Å²) in [7, 11) is 1.75. The van der Waals surface area contributed by atoms with Crippen LogP contribution in [0.15, 0.2) is 4.99 Å². The molecule has 138 valence electrons. The fourth-order valence-electron chi connectivity index (χ4n) is 1.83. The normalized spacial score (nSPS) is 12.9. The standard InChI is InChI=1S/C16H34N4O2.HI/c1-7-9-10-13(20-14(17-6)18-11-8-2)12-19-15(21)22-16(3,4)5;/h13H,7-12H2,1-6H3,(H,19,21)(H2,17,18,20);1H. The van der Waals surface area contributed by atoms with Crippen molar-refractivity contribution >= 4 is 36.0 Å². The minimum absolute atomic E-state index is 0. The topological polar surface area (TPSA) is 74.8 Å². The van der Waals surface area contributed by atoms with Crippen LogP contribution in [0.1, 0.15) is 60.3 Å². The number of nitrogens with one attached hydrogen (secondary N) is 3. The fourth-order valence-corrected chi connectivity index (χ4v) is 1.83. The van der Waals surface area contributed by atoms with Crippen LogP contribution in [0.3, 0.4) is 0 Å². The number of unbranched alkanes of at least 4 members (excludes halogenated alkanes) is 1. The summed E-state index contributed by atoms with van der Waals surface area (Å²) < 4.78 is 5.27. The molecule has 1 unspecified atom stereocenters. The number of halogens is 1. The molecule has 0 radical (unpaired) electrons. The molecule has 1 atom stereocenters. The van der Waals surface area contributed by atoms with E-state index in [4.69, 9.17) is 4.74 Å². The highest BCUT2D eigenvalue weighted by molar-refractivity contribution is 14.0. The van der Waals surface area contributed by atoms with Gasteiger partial charge < -0.3 is 20.7 Å². The Balaban J connectivity index is 0. The Morgan fingerprint density at radius 1 is 1.17 bits per heavy atom. The zero-order valence-corrected chi connectivity index (χ0v) is 17.8. The predicted octanol–water partition coefficient (Wildman–Crippen LogP) is 3.26. The summed E-state index contributed by atoms with van der Waals surface area (Å²) in [5.41, 5.74) is -0.477. The van der Waals surface area contributed by atoms with Gasteiger partial charge in [0.2, 0.25) is 0 Å². The number of alkyl carbamates (subject to hydrolysis) is 1. The third-order valence-corrected chi connectivity index (χ3v) is 2.90. The summed E-state index contributed by atoms with van der Waals surface area (Å²) >= 11 is 0. The number of hydrogen-bond acceptors (Lipinski definition) is 3. The molecule has 0 saturated carbocycles. The Morgan fingerprint density at radius 2 is 1.83 bits per heavy atom. The molecular formula is C16H35IN4O2. The molecule has 0 spiro atoms. The fraction of sp³-hybridized carbons (Fsp3) is 0.875. The third-order valence-electron chi connectivity index (χ3n) is 2.90. The number of guanidine groups is 1. The molecule has 7 heteroatoms. The molecule has 0 heterocycles. The first kappa shape index (κ1) is 24.5. The molecule has 0 aromatic heterocycles. The van der Waals surface area contributed by atoms with Crippen LogP contribution in [0.4, 0.5) is 4.79 Å². The summed E-state index contributed by atoms with van der Waals surface area (Å²) in [5, 5.41) is 9.43. The minimum atomic E-state index is -0.477. The minimum Gasteiger partial charge on any atom is -0.444 e. The zero-order valence-electron chi connectivity index (χ0n) is 15.5. The number of carbonyl (C=O) groups excluding carboxylic acids is 1. The van der Waals surface area contributed by atoms with Crippen molar-refractivity contribution in [2.45, 2.75) is 71.9 Å². The lowest BCUT2D eigenvalue weighted by Crippen LogP contribution is -2.49. The quantitative estimate of drug-likeness (QED) is 0.307. The van der Waals surface area contributed by atoms with E-state index in [1.165, 1.54) is 0 Å². The Morgan fingerprint density at radius 3 is 2.30 bits per heavy atom. The van der Waals surface area contributed by atoms with Crippen molar-refractivity contribution in [1.82, 2.24) is 16.0 Å². The summed E-state index contributed by atoms with van der Waals surface area (Å²) in [6.45, 7) is 11.2. The second kappa shape index (κ2) is 13.7. The van der Waals surface area contributed by atoms with Crippen LogP contribution in [0.2, 0.25) is 0 Å². The first-order valence-electron chi connectivity index (χ1n) is 8.26. The maximum Gasteiger partial charge on any atom is 0.407 e. The van der Waals surface area contributed by atoms with E-state index in [2.05, 4.69) is 34.8 Å². The zero-order chi connectivity index (χ0) is 17.0. The summed E-state index contributed by atoms with van der Waals surface area (Å²) in [6, 6.07) is 0.135. The number of nitrogens with zero attached hydrogens (tertiary/aromatic N) is 1. The summed E-state index contributed by atoms with van der Waals surface area (Å²) in [6.07, 6.45) is 3.84. The van der Waals surface area contributed by atoms with Crippen molar-refractivity contribution in [3.8, 4) is 0 Å². The Hall–Kier alpha value is -0.730. The molecule has 0 bridgehead atoms. The van der Waals surface area contributed by atoms with Crippen molar-refractivity contribution in [2.24, 2.45) is 4.99 Å². The van der Waals surface area contributed by atoms with E-state index in [1.807, 2.05) is 20.8 Å². The monoisotopic (exact) mass is 442 g/mol. The predicted molar refractivity (Wildman–Crippen MR) is 108 cm³/mol. The lowest BCUT2D eigenvalue weighted by molar-refractivity contribution is 0.0523. The second-order valence-corrected chi connectivity index (χ2v) is 6.37. The molecule has 23 heavy (non-hydrogen) atoms. The van der Waals surface area contributed by atoms with Crippen LogP contribution in [-0.2, 0) is 4.74 Å². The third kappa shape index (κ3) is 14.6. The molecule has 3 N–H and O–H groups in total. The molecule has 0 aromatic rings. The van der Waals surface area contributed by atoms with Crippen LogP contribution in [0.5, 0.6) is 0 Å². The van der Waals surface area contributed by atoms with Crippen molar-refractivity contribution in [3.63, 3.8) is 0 Å². The highest BCUT2D eigenvalue weighted by Crippen LogP contribution is 2.06. The maximum absolute atomic E-state index is 11.8. The number of aliphatic imine (C=N–C) groups is 1. The number of ether oxygens (including phenoxy) is 1. The van der Waals surface area contributed by atoms with Gasteiger partial charge in [0.15, 0.2) is 5.96 Å². The highest BCUT2D eigenvalue weighted by atomic mass is 127. The van der Waals surface area contributed by atoms with Gasteiger partial charge in [0, 0.05) is 26.2 Å². The average Bonchev–Trinajstić information content (AvgIpc) is 2.43. The lowest BCUT2D eigenvalue weighted by Gasteiger charge is -2.24. The van der Waals surface area contributed by atoms with E-state index in [-0.39, 0.29) is 36.1 Å². The highest BCUT2D eigenvalue weighted by Gasteiger charge is 2.17. The number of amides is 1. The van der Waals surface area contributed by atoms with E-state index in [0.717, 1.165) is 38.2 Å². The molecule has 0 aromatic carbocycles. The van der Waals surface area contributed by atoms with E-state index in [1.54, 1.807) is 7.05 Å². The molecular weight excluding hydrogens is 407 g/mol. The second-order valence-electron chi connectivity index (χ2n) is 6.37. The Kier molecular flexibility index (Phi) is 14.6. The molecule has 0 saturated heterocycles. The molecule has 0 fully saturated rings. The van der Waals surface area contributed by atoms with E-state index < -0.39 is 5.60 Å². The van der Waals surface area contributed by atoms with Crippen LogP contribution in [0, 0.1) is 0 Å². The van der Waals surface area contributed by atoms with Crippen LogP contribution in [-0.4, -0.2) is 43.8 Å². The van der Waals surface area contributed by atoms with Gasteiger partial charge in [-0.15, -0.1) is 24.0 Å². The van der Waals surface area contributed by atoms with Crippen LogP contribution in [0.25, 0.3) is 0 Å². The van der Waals surface area contributed by atoms with Crippen LogP contribution < -0.4 is 16.0 Å². The first-order valence-corrected chi connectivity index (χ1v) is 8.26. The van der Waals surface area contributed by atoms with Gasteiger partial charge in [-0.1, -0.05) is 26.7 Å². The smallest absolute Gasteiger partial charge is 0.407 e. The van der Waals surface area contributed by atoms with Gasteiger partial charge in [-0.3, -0.25) is 4.99 Å². The van der Waals surface area contributed by atoms with Gasteiger partial charge in [-0.2, -0.15) is 0 Å². The van der Waals surface area contributed by atoms with Crippen LogP contribution >= 0.6 is 24.0 Å². The van der Waals surface area contributed by atoms with Crippen molar-refractivity contribution in [1.29, 1.82) is 0 Å². The van der Waals surface area contributed by atoms with E-state index >= 15 is 0 Å². The average molecular weight is 442 g/mol. The van der Waals surface area contributed by atoms with Gasteiger partial charge in [0.05, 0.1) is 0 Å². The van der Waals surface area contributed by atoms with Gasteiger partial charge in [0.25, 0.3) is 0 Å². The molecule has 1 amide bonds. The first-order chi connectivity index (χ1) is 10.3. The van der Waals surface area contributed by atoms with Gasteiger partial charge in [-0.25, -0.2) is 4.79 Å². The van der Waals surface area contributed by atoms with Crippen molar-refractivity contribution in [3.05, 3.63) is 0 Å². The Bertz CT molecular complexity index is 343. The summed E-state index contributed by atoms with van der Waals surface area (Å²) in [5.74, 6) is 0.772.